The molecule has 2 aromatic rings. The van der Waals surface area contributed by atoms with Crippen molar-refractivity contribution in [2.75, 3.05) is 5.32 Å². The highest BCUT2D eigenvalue weighted by Gasteiger charge is 2.11. The molecule has 1 atom stereocenters. The van der Waals surface area contributed by atoms with Crippen molar-refractivity contribution in [1.82, 2.24) is 4.98 Å². The molecule has 104 valence electrons. The summed E-state index contributed by atoms with van der Waals surface area (Å²) in [7, 11) is 0. The summed E-state index contributed by atoms with van der Waals surface area (Å²) >= 11 is 5.03. The number of benzene rings is 1. The number of nitrogens with one attached hydrogen (secondary N) is 1. The largest absolute Gasteiger partial charge is 0.389 e. The molecule has 0 amide bonds. The fourth-order valence-electron chi connectivity index (χ4n) is 1.91. The maximum Gasteiger partial charge on any atom is 0.136 e. The van der Waals surface area contributed by atoms with E-state index in [0.717, 1.165) is 11.3 Å². The summed E-state index contributed by atoms with van der Waals surface area (Å²) in [5.41, 5.74) is 8.24. The Morgan fingerprint density at radius 1 is 1.25 bits per heavy atom. The quantitative estimate of drug-likeness (QED) is 0.848. The minimum absolute atomic E-state index is 0.0296. The monoisotopic (exact) mass is 289 g/mol. The van der Waals surface area contributed by atoms with Crippen LogP contribution < -0.4 is 11.1 Å². The molecule has 0 aliphatic heterocycles. The molecular formula is C15H16FN3S. The van der Waals surface area contributed by atoms with Gasteiger partial charge in [0, 0.05) is 11.7 Å². The van der Waals surface area contributed by atoms with Gasteiger partial charge in [0.25, 0.3) is 0 Å². The van der Waals surface area contributed by atoms with E-state index < -0.39 is 0 Å². The molecule has 0 spiro atoms. The molecule has 1 aromatic carbocycles. The van der Waals surface area contributed by atoms with E-state index in [4.69, 9.17) is 18.0 Å². The van der Waals surface area contributed by atoms with Gasteiger partial charge in [-0.1, -0.05) is 24.4 Å². The summed E-state index contributed by atoms with van der Waals surface area (Å²) in [4.78, 5) is 4.72. The number of pyridine rings is 1. The molecule has 1 aromatic heterocycles. The van der Waals surface area contributed by atoms with Gasteiger partial charge in [0.1, 0.15) is 16.6 Å². The molecule has 0 bridgehead atoms. The summed E-state index contributed by atoms with van der Waals surface area (Å²) in [6.07, 6.45) is 0. The molecule has 20 heavy (non-hydrogen) atoms. The summed E-state index contributed by atoms with van der Waals surface area (Å²) in [6, 6.07) is 10.0. The zero-order valence-corrected chi connectivity index (χ0v) is 12.2. The number of anilines is 1. The molecule has 5 heteroatoms. The SMILES string of the molecule is Cc1ccc(C(N)=S)c(NC(C)c2ccc(F)cc2)n1. The second-order valence-corrected chi connectivity index (χ2v) is 5.07. The summed E-state index contributed by atoms with van der Waals surface area (Å²) < 4.78 is 12.9. The lowest BCUT2D eigenvalue weighted by molar-refractivity contribution is 0.626. The Labute approximate surface area is 123 Å². The van der Waals surface area contributed by atoms with Crippen LogP contribution in [0.15, 0.2) is 36.4 Å². The molecule has 3 nitrogen and oxygen atoms in total. The van der Waals surface area contributed by atoms with E-state index in [-0.39, 0.29) is 11.9 Å². The standard InChI is InChI=1S/C15H16FN3S/c1-9-3-8-13(14(17)20)15(18-9)19-10(2)11-4-6-12(16)7-5-11/h3-8,10H,1-2H3,(H2,17,20)(H,18,19). The molecule has 0 aliphatic carbocycles. The minimum Gasteiger partial charge on any atom is -0.389 e. The van der Waals surface area contributed by atoms with Crippen molar-refractivity contribution < 1.29 is 4.39 Å². The first-order chi connectivity index (χ1) is 9.47. The Morgan fingerprint density at radius 2 is 1.90 bits per heavy atom. The van der Waals surface area contributed by atoms with Gasteiger partial charge < -0.3 is 11.1 Å². The van der Waals surface area contributed by atoms with Crippen LogP contribution in [0.3, 0.4) is 0 Å². The van der Waals surface area contributed by atoms with E-state index in [0.29, 0.717) is 16.4 Å². The number of halogens is 1. The molecule has 0 radical (unpaired) electrons. The van der Waals surface area contributed by atoms with E-state index >= 15 is 0 Å². The Kier molecular flexibility index (Phi) is 4.29. The number of nitrogens with zero attached hydrogens (tertiary/aromatic N) is 1. The number of hydrogen-bond donors (Lipinski definition) is 2. The first-order valence-electron chi connectivity index (χ1n) is 6.27. The van der Waals surface area contributed by atoms with Crippen molar-refractivity contribution in [3.8, 4) is 0 Å². The molecule has 2 rings (SSSR count). The number of rotatable bonds is 4. The topological polar surface area (TPSA) is 50.9 Å². The van der Waals surface area contributed by atoms with Gasteiger partial charge in [0.05, 0.1) is 5.56 Å². The maximum atomic E-state index is 12.9. The van der Waals surface area contributed by atoms with Crippen LogP contribution in [-0.2, 0) is 0 Å². The Bertz CT molecular complexity index is 626. The van der Waals surface area contributed by atoms with E-state index in [1.165, 1.54) is 12.1 Å². The van der Waals surface area contributed by atoms with Crippen LogP contribution in [0.2, 0.25) is 0 Å². The average Bonchev–Trinajstić information content (AvgIpc) is 2.39. The van der Waals surface area contributed by atoms with Crippen LogP contribution in [0.4, 0.5) is 10.2 Å². The number of hydrogen-bond acceptors (Lipinski definition) is 3. The van der Waals surface area contributed by atoms with Crippen molar-refractivity contribution in [3.63, 3.8) is 0 Å². The van der Waals surface area contributed by atoms with E-state index in [2.05, 4.69) is 10.3 Å². The lowest BCUT2D eigenvalue weighted by atomic mass is 10.1. The van der Waals surface area contributed by atoms with Crippen molar-refractivity contribution in [3.05, 3.63) is 59.0 Å². The average molecular weight is 289 g/mol. The van der Waals surface area contributed by atoms with Crippen LogP contribution in [-0.4, -0.2) is 9.97 Å². The molecule has 3 N–H and O–H groups in total. The normalized spacial score (nSPS) is 11.9. The Balaban J connectivity index is 2.27. The Hall–Kier alpha value is -2.01. The third kappa shape index (κ3) is 3.30. The zero-order chi connectivity index (χ0) is 14.7. The maximum absolute atomic E-state index is 12.9. The van der Waals surface area contributed by atoms with Gasteiger partial charge >= 0.3 is 0 Å². The van der Waals surface area contributed by atoms with Gasteiger partial charge in [-0.15, -0.1) is 0 Å². The summed E-state index contributed by atoms with van der Waals surface area (Å²) in [6.45, 7) is 3.87. The van der Waals surface area contributed by atoms with Gasteiger partial charge in [0.15, 0.2) is 0 Å². The lowest BCUT2D eigenvalue weighted by Gasteiger charge is -2.17. The van der Waals surface area contributed by atoms with Crippen molar-refractivity contribution >= 4 is 23.0 Å². The van der Waals surface area contributed by atoms with Gasteiger partial charge in [0.2, 0.25) is 0 Å². The molecule has 1 unspecified atom stereocenters. The van der Waals surface area contributed by atoms with Gasteiger partial charge in [-0.3, -0.25) is 0 Å². The predicted octanol–water partition coefficient (Wildman–Crippen LogP) is 3.34. The highest BCUT2D eigenvalue weighted by atomic mass is 32.1. The molecule has 0 fully saturated rings. The van der Waals surface area contributed by atoms with Gasteiger partial charge in [-0.2, -0.15) is 0 Å². The molecular weight excluding hydrogens is 273 g/mol. The fraction of sp³-hybridized carbons (Fsp3) is 0.200. The summed E-state index contributed by atoms with van der Waals surface area (Å²) in [5, 5.41) is 3.27. The highest BCUT2D eigenvalue weighted by molar-refractivity contribution is 7.80. The zero-order valence-electron chi connectivity index (χ0n) is 11.4. The molecule has 0 saturated carbocycles. The van der Waals surface area contributed by atoms with E-state index in [1.807, 2.05) is 26.0 Å². The number of aryl methyl sites for hydroxylation is 1. The van der Waals surface area contributed by atoms with E-state index in [9.17, 15) is 4.39 Å². The summed E-state index contributed by atoms with van der Waals surface area (Å²) in [5.74, 6) is 0.396. The van der Waals surface area contributed by atoms with Crippen molar-refractivity contribution in [1.29, 1.82) is 0 Å². The van der Waals surface area contributed by atoms with Gasteiger partial charge in [-0.05, 0) is 43.7 Å². The smallest absolute Gasteiger partial charge is 0.136 e. The third-order valence-corrected chi connectivity index (χ3v) is 3.24. The lowest BCUT2D eigenvalue weighted by Crippen LogP contribution is -2.16. The highest BCUT2D eigenvalue weighted by Crippen LogP contribution is 2.21. The molecule has 1 heterocycles. The van der Waals surface area contributed by atoms with Crippen LogP contribution in [0, 0.1) is 12.7 Å². The number of aromatic nitrogens is 1. The van der Waals surface area contributed by atoms with Crippen LogP contribution >= 0.6 is 12.2 Å². The minimum atomic E-state index is -0.251. The van der Waals surface area contributed by atoms with Crippen LogP contribution in [0.5, 0.6) is 0 Å². The second-order valence-electron chi connectivity index (χ2n) is 4.63. The Morgan fingerprint density at radius 3 is 2.50 bits per heavy atom. The fourth-order valence-corrected chi connectivity index (χ4v) is 2.07. The van der Waals surface area contributed by atoms with E-state index in [1.54, 1.807) is 12.1 Å². The first-order valence-corrected chi connectivity index (χ1v) is 6.67. The number of thiocarbonyl (C=S) groups is 1. The van der Waals surface area contributed by atoms with Gasteiger partial charge in [-0.25, -0.2) is 9.37 Å². The first kappa shape index (κ1) is 14.4. The van der Waals surface area contributed by atoms with Crippen LogP contribution in [0.25, 0.3) is 0 Å². The van der Waals surface area contributed by atoms with Crippen molar-refractivity contribution in [2.24, 2.45) is 5.73 Å². The third-order valence-electron chi connectivity index (χ3n) is 3.02. The predicted molar refractivity (Wildman–Crippen MR) is 83.3 cm³/mol. The van der Waals surface area contributed by atoms with Crippen LogP contribution in [0.1, 0.15) is 29.8 Å². The molecule has 0 aliphatic rings. The number of nitrogens with two attached hydrogens (primary N) is 1. The second kappa shape index (κ2) is 5.96. The molecule has 0 saturated heterocycles. The van der Waals surface area contributed by atoms with Crippen molar-refractivity contribution in [2.45, 2.75) is 19.9 Å².